The minimum Gasteiger partial charge on any atom is -0.492 e. The topological polar surface area (TPSA) is 73.2 Å². The number of benzene rings is 2. The van der Waals surface area contributed by atoms with Crippen molar-refractivity contribution < 1.29 is 9.53 Å². The molecule has 0 spiro atoms. The molecule has 1 N–H and O–H groups in total. The number of fused-ring (bicyclic) bond motifs is 1. The lowest BCUT2D eigenvalue weighted by Crippen LogP contribution is -2.25. The van der Waals surface area contributed by atoms with Gasteiger partial charge < -0.3 is 10.1 Å². The van der Waals surface area contributed by atoms with Gasteiger partial charge >= 0.3 is 0 Å². The molecule has 0 aliphatic rings. The quantitative estimate of drug-likeness (QED) is 0.401. The molecule has 0 aliphatic carbocycles. The first-order chi connectivity index (χ1) is 14.5. The molecule has 1 aromatic heterocycles. The molecule has 0 radical (unpaired) electrons. The zero-order valence-electron chi connectivity index (χ0n) is 17.6. The molecular formula is C23H27N3O3S. The van der Waals surface area contributed by atoms with Crippen LogP contribution >= 0.6 is 11.8 Å². The minimum absolute atomic E-state index is 0.0640. The van der Waals surface area contributed by atoms with E-state index in [1.165, 1.54) is 11.8 Å². The maximum Gasteiger partial charge on any atom is 0.262 e. The van der Waals surface area contributed by atoms with Crippen LogP contribution in [0.2, 0.25) is 0 Å². The number of nitrogens with zero attached hydrogens (tertiary/aromatic N) is 2. The molecule has 7 heteroatoms. The van der Waals surface area contributed by atoms with Crippen molar-refractivity contribution in [1.29, 1.82) is 0 Å². The van der Waals surface area contributed by atoms with E-state index >= 15 is 0 Å². The predicted molar refractivity (Wildman–Crippen MR) is 122 cm³/mol. The highest BCUT2D eigenvalue weighted by Crippen LogP contribution is 2.25. The van der Waals surface area contributed by atoms with Gasteiger partial charge in [-0.3, -0.25) is 14.2 Å². The van der Waals surface area contributed by atoms with E-state index in [0.717, 1.165) is 6.42 Å². The fraction of sp³-hybridized carbons (Fsp3) is 0.348. The van der Waals surface area contributed by atoms with Crippen LogP contribution in [0.5, 0.6) is 5.75 Å². The van der Waals surface area contributed by atoms with Crippen LogP contribution in [0.4, 0.5) is 5.69 Å². The summed E-state index contributed by atoms with van der Waals surface area (Å²) in [6.45, 7) is 7.23. The van der Waals surface area contributed by atoms with Gasteiger partial charge in [-0.05, 0) is 43.5 Å². The van der Waals surface area contributed by atoms with E-state index in [9.17, 15) is 9.59 Å². The number of ether oxygens (including phenoxy) is 1. The number of thioether (sulfide) groups is 1. The summed E-state index contributed by atoms with van der Waals surface area (Å²) in [5.74, 6) is 1.06. The highest BCUT2D eigenvalue weighted by molar-refractivity contribution is 7.99. The Labute approximate surface area is 180 Å². The average Bonchev–Trinajstić information content (AvgIpc) is 2.73. The Bertz CT molecular complexity index is 1080. The smallest absolute Gasteiger partial charge is 0.262 e. The Morgan fingerprint density at radius 1 is 1.17 bits per heavy atom. The zero-order chi connectivity index (χ0) is 21.5. The van der Waals surface area contributed by atoms with Gasteiger partial charge in [0.2, 0.25) is 5.91 Å². The largest absolute Gasteiger partial charge is 0.492 e. The summed E-state index contributed by atoms with van der Waals surface area (Å²) in [6, 6.07) is 14.7. The van der Waals surface area contributed by atoms with Crippen molar-refractivity contribution in [3.8, 4) is 5.75 Å². The zero-order valence-corrected chi connectivity index (χ0v) is 18.4. The van der Waals surface area contributed by atoms with Crippen LogP contribution in [0.1, 0.15) is 27.2 Å². The Morgan fingerprint density at radius 2 is 1.90 bits per heavy atom. The summed E-state index contributed by atoms with van der Waals surface area (Å²) < 4.78 is 7.25. The van der Waals surface area contributed by atoms with Crippen molar-refractivity contribution >= 4 is 34.3 Å². The second kappa shape index (κ2) is 10.3. The van der Waals surface area contributed by atoms with Gasteiger partial charge in [-0.15, -0.1) is 0 Å². The van der Waals surface area contributed by atoms with Crippen molar-refractivity contribution in [3.63, 3.8) is 0 Å². The SMILES string of the molecule is CCOc1ccccc1NC(=O)CSc1nc2ccccc2c(=O)n1CCC(C)C. The van der Waals surface area contributed by atoms with E-state index in [0.29, 0.717) is 46.6 Å². The van der Waals surface area contributed by atoms with E-state index in [-0.39, 0.29) is 17.2 Å². The molecular weight excluding hydrogens is 398 g/mol. The van der Waals surface area contributed by atoms with E-state index in [1.807, 2.05) is 43.3 Å². The average molecular weight is 426 g/mol. The van der Waals surface area contributed by atoms with Crippen molar-refractivity contribution in [2.24, 2.45) is 5.92 Å². The third-order valence-corrected chi connectivity index (χ3v) is 5.53. The molecule has 0 fully saturated rings. The molecule has 0 unspecified atom stereocenters. The van der Waals surface area contributed by atoms with Gasteiger partial charge in [-0.25, -0.2) is 4.98 Å². The first-order valence-corrected chi connectivity index (χ1v) is 11.1. The summed E-state index contributed by atoms with van der Waals surface area (Å²) in [6.07, 6.45) is 0.863. The second-order valence-electron chi connectivity index (χ2n) is 7.32. The number of rotatable bonds is 9. The Hall–Kier alpha value is -2.80. The molecule has 0 atom stereocenters. The third-order valence-electron chi connectivity index (χ3n) is 4.55. The van der Waals surface area contributed by atoms with Gasteiger partial charge in [0.25, 0.3) is 5.56 Å². The molecule has 0 aliphatic heterocycles. The highest BCUT2D eigenvalue weighted by Gasteiger charge is 2.14. The molecule has 3 aromatic rings. The van der Waals surface area contributed by atoms with Crippen LogP contribution in [-0.2, 0) is 11.3 Å². The fourth-order valence-electron chi connectivity index (χ4n) is 3.01. The van der Waals surface area contributed by atoms with Gasteiger partial charge in [-0.1, -0.05) is 49.9 Å². The molecule has 30 heavy (non-hydrogen) atoms. The molecule has 0 saturated carbocycles. The molecule has 6 nitrogen and oxygen atoms in total. The lowest BCUT2D eigenvalue weighted by molar-refractivity contribution is -0.113. The normalized spacial score (nSPS) is 11.1. The first kappa shape index (κ1) is 21.9. The number of amides is 1. The Balaban J connectivity index is 1.80. The molecule has 3 rings (SSSR count). The third kappa shape index (κ3) is 5.42. The van der Waals surface area contributed by atoms with Gasteiger partial charge in [-0.2, -0.15) is 0 Å². The molecule has 1 heterocycles. The van der Waals surface area contributed by atoms with E-state index in [4.69, 9.17) is 4.74 Å². The van der Waals surface area contributed by atoms with Crippen LogP contribution in [0.15, 0.2) is 58.5 Å². The first-order valence-electron chi connectivity index (χ1n) is 10.1. The number of anilines is 1. The summed E-state index contributed by atoms with van der Waals surface area (Å²) >= 11 is 1.27. The number of nitrogens with one attached hydrogen (secondary N) is 1. The number of hydrogen-bond acceptors (Lipinski definition) is 5. The minimum atomic E-state index is -0.176. The number of carbonyl (C=O) groups excluding carboxylic acids is 1. The van der Waals surface area contributed by atoms with E-state index in [2.05, 4.69) is 24.1 Å². The van der Waals surface area contributed by atoms with E-state index < -0.39 is 0 Å². The lowest BCUT2D eigenvalue weighted by atomic mass is 10.1. The van der Waals surface area contributed by atoms with Gasteiger partial charge in [0, 0.05) is 6.54 Å². The highest BCUT2D eigenvalue weighted by atomic mass is 32.2. The Kier molecular flexibility index (Phi) is 7.52. The molecule has 0 saturated heterocycles. The monoisotopic (exact) mass is 425 g/mol. The van der Waals surface area contributed by atoms with Crippen molar-refractivity contribution in [3.05, 3.63) is 58.9 Å². The second-order valence-corrected chi connectivity index (χ2v) is 8.26. The van der Waals surface area contributed by atoms with Crippen molar-refractivity contribution in [2.75, 3.05) is 17.7 Å². The summed E-state index contributed by atoms with van der Waals surface area (Å²) in [7, 11) is 0. The van der Waals surface area contributed by atoms with E-state index in [1.54, 1.807) is 16.7 Å². The summed E-state index contributed by atoms with van der Waals surface area (Å²) in [5, 5.41) is 4.05. The van der Waals surface area contributed by atoms with Crippen LogP contribution in [0, 0.1) is 5.92 Å². The number of hydrogen-bond donors (Lipinski definition) is 1. The van der Waals surface area contributed by atoms with Crippen LogP contribution in [0.3, 0.4) is 0 Å². The van der Waals surface area contributed by atoms with Crippen LogP contribution in [-0.4, -0.2) is 27.8 Å². The predicted octanol–water partition coefficient (Wildman–Crippen LogP) is 4.57. The number of para-hydroxylation sites is 3. The van der Waals surface area contributed by atoms with Crippen molar-refractivity contribution in [2.45, 2.75) is 38.9 Å². The lowest BCUT2D eigenvalue weighted by Gasteiger charge is -2.14. The summed E-state index contributed by atoms with van der Waals surface area (Å²) in [5.41, 5.74) is 1.22. The maximum atomic E-state index is 13.0. The molecule has 2 aromatic carbocycles. The molecule has 1 amide bonds. The molecule has 0 bridgehead atoms. The van der Waals surface area contributed by atoms with Crippen molar-refractivity contribution in [1.82, 2.24) is 9.55 Å². The van der Waals surface area contributed by atoms with Crippen LogP contribution in [0.25, 0.3) is 10.9 Å². The van der Waals surface area contributed by atoms with Gasteiger partial charge in [0.1, 0.15) is 5.75 Å². The molecule has 158 valence electrons. The standard InChI is InChI=1S/C23H27N3O3S/c1-4-29-20-12-8-7-11-19(20)24-21(27)15-30-23-25-18-10-6-5-9-17(18)22(28)26(23)14-13-16(2)3/h5-12,16H,4,13-15H2,1-3H3,(H,24,27). The van der Waals surface area contributed by atoms with Gasteiger partial charge in [0.15, 0.2) is 5.16 Å². The van der Waals surface area contributed by atoms with Crippen LogP contribution < -0.4 is 15.6 Å². The Morgan fingerprint density at radius 3 is 2.67 bits per heavy atom. The van der Waals surface area contributed by atoms with Gasteiger partial charge in [0.05, 0.1) is 29.0 Å². The maximum absolute atomic E-state index is 13.0. The number of aromatic nitrogens is 2. The fourth-order valence-corrected chi connectivity index (χ4v) is 3.84. The number of carbonyl (C=O) groups is 1. The summed E-state index contributed by atoms with van der Waals surface area (Å²) in [4.78, 5) is 30.2.